The van der Waals surface area contributed by atoms with E-state index < -0.39 is 10.8 Å². The summed E-state index contributed by atoms with van der Waals surface area (Å²) in [5, 5.41) is 17.1. The average Bonchev–Trinajstić information content (AvgIpc) is 3.24. The minimum absolute atomic E-state index is 0.00422. The van der Waals surface area contributed by atoms with Crippen LogP contribution < -0.4 is 15.8 Å². The minimum atomic E-state index is -0.444. The van der Waals surface area contributed by atoms with Crippen molar-refractivity contribution in [3.63, 3.8) is 0 Å². The van der Waals surface area contributed by atoms with Gasteiger partial charge in [0.15, 0.2) is 5.13 Å². The topological polar surface area (TPSA) is 135 Å². The van der Waals surface area contributed by atoms with E-state index in [2.05, 4.69) is 15.7 Å². The Balaban J connectivity index is 1.46. The number of nitrogens with one attached hydrogen (secondary N) is 2. The summed E-state index contributed by atoms with van der Waals surface area (Å²) in [5.74, 6) is -0.875. The van der Waals surface area contributed by atoms with Crippen LogP contribution in [0.25, 0.3) is 11.3 Å². The summed E-state index contributed by atoms with van der Waals surface area (Å²) in [5.41, 5.74) is 4.95. The molecule has 1 saturated heterocycles. The first-order chi connectivity index (χ1) is 15.3. The molecule has 4 rings (SSSR count). The predicted octanol–water partition coefficient (Wildman–Crippen LogP) is 3.44. The van der Waals surface area contributed by atoms with Crippen LogP contribution in [0.5, 0.6) is 0 Å². The summed E-state index contributed by atoms with van der Waals surface area (Å²) in [6, 6.07) is 11.1. The van der Waals surface area contributed by atoms with Crippen LogP contribution in [0, 0.1) is 17.0 Å². The van der Waals surface area contributed by atoms with Crippen molar-refractivity contribution in [2.24, 2.45) is 0 Å². The maximum absolute atomic E-state index is 12.6. The van der Waals surface area contributed by atoms with Crippen LogP contribution in [0.2, 0.25) is 0 Å². The number of nitrogens with zero attached hydrogens (tertiary/aromatic N) is 3. The molecule has 0 spiro atoms. The van der Waals surface area contributed by atoms with Crippen LogP contribution in [0.15, 0.2) is 47.8 Å². The van der Waals surface area contributed by atoms with Gasteiger partial charge in [-0.05, 0) is 31.2 Å². The molecule has 1 aliphatic rings. The van der Waals surface area contributed by atoms with Crippen LogP contribution in [-0.2, 0) is 9.59 Å². The quantitative estimate of drug-likeness (QED) is 0.451. The average molecular weight is 451 g/mol. The molecule has 1 aliphatic heterocycles. The molecule has 3 amide bonds. The summed E-state index contributed by atoms with van der Waals surface area (Å²) in [4.78, 5) is 51.2. The lowest BCUT2D eigenvalue weighted by Crippen LogP contribution is -2.50. The van der Waals surface area contributed by atoms with Gasteiger partial charge in [0.05, 0.1) is 16.3 Å². The smallest absolute Gasteiger partial charge is 0.272 e. The van der Waals surface area contributed by atoms with Crippen LogP contribution in [-0.4, -0.2) is 27.6 Å². The molecule has 1 fully saturated rings. The molecule has 32 heavy (non-hydrogen) atoms. The van der Waals surface area contributed by atoms with Gasteiger partial charge in [0.25, 0.3) is 11.6 Å². The summed E-state index contributed by atoms with van der Waals surface area (Å²) < 4.78 is 0. The largest absolute Gasteiger partial charge is 0.298 e. The second-order valence-electron chi connectivity index (χ2n) is 7.06. The van der Waals surface area contributed by atoms with E-state index in [1.807, 2.05) is 0 Å². The molecule has 11 heteroatoms. The molecule has 1 aromatic heterocycles. The zero-order chi connectivity index (χ0) is 22.8. The maximum atomic E-state index is 12.6. The number of hydrogen-bond donors (Lipinski definition) is 2. The van der Waals surface area contributed by atoms with E-state index in [0.717, 1.165) is 0 Å². The molecule has 10 nitrogen and oxygen atoms in total. The highest BCUT2D eigenvalue weighted by molar-refractivity contribution is 7.14. The predicted molar refractivity (Wildman–Crippen MR) is 118 cm³/mol. The van der Waals surface area contributed by atoms with Gasteiger partial charge in [-0.3, -0.25) is 35.2 Å². The number of amides is 3. The number of hydrogen-bond acceptors (Lipinski definition) is 7. The number of benzene rings is 2. The fourth-order valence-corrected chi connectivity index (χ4v) is 3.86. The lowest BCUT2D eigenvalue weighted by atomic mass is 10.1. The highest BCUT2D eigenvalue weighted by Crippen LogP contribution is 2.29. The third kappa shape index (κ3) is 4.32. The zero-order valence-electron chi connectivity index (χ0n) is 16.8. The normalized spacial score (nSPS) is 13.6. The van der Waals surface area contributed by atoms with E-state index in [4.69, 9.17) is 0 Å². The van der Waals surface area contributed by atoms with Gasteiger partial charge in [0, 0.05) is 41.0 Å². The molecule has 2 N–H and O–H groups in total. The Labute approximate surface area is 186 Å². The van der Waals surface area contributed by atoms with Crippen molar-refractivity contribution in [2.45, 2.75) is 19.8 Å². The summed E-state index contributed by atoms with van der Waals surface area (Å²) in [7, 11) is 0. The Morgan fingerprint density at radius 3 is 2.66 bits per heavy atom. The number of carbonyl (C=O) groups excluding carboxylic acids is 3. The molecular formula is C21H17N5O5S. The standard InChI is InChI=1S/C21H17N5O5S/c1-12-2-3-14(10-17(12)26(30)31)16-11-32-21(22-16)23-20(29)13-4-6-15(7-5-13)25-19(28)9-8-18(27)24-25/h2-7,10-11H,8-9H2,1H3,(H,24,27)(H,22,23,29). The first-order valence-electron chi connectivity index (χ1n) is 9.56. The van der Waals surface area contributed by atoms with E-state index in [-0.39, 0.29) is 30.3 Å². The van der Waals surface area contributed by atoms with Crippen molar-refractivity contribution in [1.29, 1.82) is 0 Å². The highest BCUT2D eigenvalue weighted by Gasteiger charge is 2.24. The van der Waals surface area contributed by atoms with Gasteiger partial charge >= 0.3 is 0 Å². The zero-order valence-corrected chi connectivity index (χ0v) is 17.6. The molecule has 0 unspecified atom stereocenters. The Morgan fingerprint density at radius 1 is 1.19 bits per heavy atom. The molecular weight excluding hydrogens is 434 g/mol. The van der Waals surface area contributed by atoms with Gasteiger partial charge in [0.1, 0.15) is 0 Å². The van der Waals surface area contributed by atoms with Crippen LogP contribution >= 0.6 is 11.3 Å². The van der Waals surface area contributed by atoms with E-state index in [1.165, 1.54) is 34.5 Å². The second-order valence-corrected chi connectivity index (χ2v) is 7.92. The van der Waals surface area contributed by atoms with Gasteiger partial charge in [-0.15, -0.1) is 11.3 Å². The van der Waals surface area contributed by atoms with Gasteiger partial charge in [0.2, 0.25) is 11.8 Å². The number of carbonyl (C=O) groups is 3. The monoisotopic (exact) mass is 451 g/mol. The van der Waals surface area contributed by atoms with Gasteiger partial charge in [-0.2, -0.15) is 0 Å². The summed E-state index contributed by atoms with van der Waals surface area (Å²) >= 11 is 1.20. The number of aryl methyl sites for hydroxylation is 1. The third-order valence-electron chi connectivity index (χ3n) is 4.87. The number of nitro groups is 1. The van der Waals surface area contributed by atoms with Crippen molar-refractivity contribution in [3.05, 3.63) is 69.1 Å². The molecule has 2 aromatic carbocycles. The van der Waals surface area contributed by atoms with Crippen LogP contribution in [0.3, 0.4) is 0 Å². The molecule has 0 atom stereocenters. The number of anilines is 2. The van der Waals surface area contributed by atoms with E-state index in [9.17, 15) is 24.5 Å². The lowest BCUT2D eigenvalue weighted by Gasteiger charge is -2.27. The summed E-state index contributed by atoms with van der Waals surface area (Å²) in [6.07, 6.45) is 0.284. The highest BCUT2D eigenvalue weighted by atomic mass is 32.1. The Morgan fingerprint density at radius 2 is 1.94 bits per heavy atom. The van der Waals surface area contributed by atoms with Crippen molar-refractivity contribution < 1.29 is 19.3 Å². The molecule has 2 heterocycles. The van der Waals surface area contributed by atoms with Crippen molar-refractivity contribution in [3.8, 4) is 11.3 Å². The van der Waals surface area contributed by atoms with E-state index in [0.29, 0.717) is 33.2 Å². The van der Waals surface area contributed by atoms with E-state index in [1.54, 1.807) is 36.6 Å². The number of aromatic nitrogens is 1. The van der Waals surface area contributed by atoms with Crippen molar-refractivity contribution >= 4 is 45.6 Å². The molecule has 0 aliphatic carbocycles. The van der Waals surface area contributed by atoms with Gasteiger partial charge < -0.3 is 0 Å². The number of thiazole rings is 1. The fourth-order valence-electron chi connectivity index (χ4n) is 3.14. The van der Waals surface area contributed by atoms with Crippen LogP contribution in [0.1, 0.15) is 28.8 Å². The first-order valence-corrected chi connectivity index (χ1v) is 10.4. The number of hydrazine groups is 1. The van der Waals surface area contributed by atoms with Crippen molar-refractivity contribution in [1.82, 2.24) is 10.4 Å². The Bertz CT molecular complexity index is 1240. The molecule has 3 aromatic rings. The van der Waals surface area contributed by atoms with Gasteiger partial charge in [-0.1, -0.05) is 12.1 Å². The first kappa shape index (κ1) is 21.1. The molecule has 0 bridgehead atoms. The molecule has 162 valence electrons. The molecule has 0 radical (unpaired) electrons. The van der Waals surface area contributed by atoms with Crippen molar-refractivity contribution in [2.75, 3.05) is 10.3 Å². The fraction of sp³-hybridized carbons (Fsp3) is 0.143. The SMILES string of the molecule is Cc1ccc(-c2csc(NC(=O)c3ccc(N4NC(=O)CCC4=O)cc3)n2)cc1[N+](=O)[O-]. The Hall–Kier alpha value is -4.12. The minimum Gasteiger partial charge on any atom is -0.298 e. The third-order valence-corrected chi connectivity index (χ3v) is 5.62. The summed E-state index contributed by atoms with van der Waals surface area (Å²) in [6.45, 7) is 1.66. The van der Waals surface area contributed by atoms with Crippen LogP contribution in [0.4, 0.5) is 16.5 Å². The second kappa shape index (κ2) is 8.55. The Kier molecular flexibility index (Phi) is 5.65. The number of nitro benzene ring substituents is 1. The molecule has 0 saturated carbocycles. The maximum Gasteiger partial charge on any atom is 0.272 e. The lowest BCUT2D eigenvalue weighted by molar-refractivity contribution is -0.385. The van der Waals surface area contributed by atoms with E-state index >= 15 is 0 Å². The van der Waals surface area contributed by atoms with Gasteiger partial charge in [-0.25, -0.2) is 9.99 Å². The number of rotatable bonds is 5.